The van der Waals surface area contributed by atoms with Gasteiger partial charge in [0.15, 0.2) is 23.0 Å². The Morgan fingerprint density at radius 2 is 1.00 bits per heavy atom. The molecule has 0 radical (unpaired) electrons. The minimum atomic E-state index is -0.545. The molecule has 8 N–H and O–H groups in total. The summed E-state index contributed by atoms with van der Waals surface area (Å²) < 4.78 is 2.21. The van der Waals surface area contributed by atoms with E-state index < -0.39 is 11.5 Å². The van der Waals surface area contributed by atoms with E-state index in [1.807, 2.05) is 36.4 Å². The van der Waals surface area contributed by atoms with Gasteiger partial charge in [-0.25, -0.2) is 0 Å². The number of fused-ring (bicyclic) bond motifs is 3. The topological polar surface area (TPSA) is 150 Å². The highest BCUT2D eigenvalue weighted by Gasteiger charge is 2.14. The molecule has 190 valence electrons. The van der Waals surface area contributed by atoms with E-state index in [-0.39, 0.29) is 36.1 Å². The predicted octanol–water partition coefficient (Wildman–Crippen LogP) is 5.27. The van der Waals surface area contributed by atoms with Crippen LogP contribution in [-0.2, 0) is 19.6 Å². The third kappa shape index (κ3) is 4.20. The zero-order valence-electron chi connectivity index (χ0n) is 20.0. The van der Waals surface area contributed by atoms with Gasteiger partial charge in [-0.1, -0.05) is 0 Å². The summed E-state index contributed by atoms with van der Waals surface area (Å²) in [5, 5.41) is 67.4. The van der Waals surface area contributed by atoms with Crippen molar-refractivity contribution in [3.63, 3.8) is 0 Å². The number of nitrogens with zero attached hydrogens (tertiary/aromatic N) is 1. The monoisotopic (exact) mass is 501 g/mol. The maximum Gasteiger partial charge on any atom is 0.200 e. The molecule has 0 bridgehead atoms. The fourth-order valence-corrected chi connectivity index (χ4v) is 4.57. The fourth-order valence-electron chi connectivity index (χ4n) is 4.57. The van der Waals surface area contributed by atoms with Gasteiger partial charge in [0.1, 0.15) is 0 Å². The average molecular weight is 502 g/mol. The molecule has 1 aromatic heterocycles. The molecule has 1 heterocycles. The van der Waals surface area contributed by atoms with Gasteiger partial charge in [-0.15, -0.1) is 0 Å². The van der Waals surface area contributed by atoms with Crippen molar-refractivity contribution in [2.45, 2.75) is 26.6 Å². The van der Waals surface area contributed by atoms with Gasteiger partial charge in [0.2, 0.25) is 11.5 Å². The number of aromatic nitrogens is 1. The lowest BCUT2D eigenvalue weighted by atomic mass is 10.1. The standard InChI is InChI=1S/C28H27N3O6/c1-2-31-21-7-5-17(29-13-15-3-9-23(32)27(36)25(15)34)11-19(21)20-12-18(6-8-22(20)31)30-14-16-4-10-24(33)28(37)26(16)35/h3-12,29-30,32-37H,2,13-14H2,1H3. The van der Waals surface area contributed by atoms with E-state index in [9.17, 15) is 30.6 Å². The van der Waals surface area contributed by atoms with Gasteiger partial charge >= 0.3 is 0 Å². The van der Waals surface area contributed by atoms with Crippen LogP contribution in [0.4, 0.5) is 11.4 Å². The van der Waals surface area contributed by atoms with Gasteiger partial charge in [-0.2, -0.15) is 0 Å². The third-order valence-electron chi connectivity index (χ3n) is 6.57. The second-order valence-corrected chi connectivity index (χ2v) is 8.80. The zero-order valence-corrected chi connectivity index (χ0v) is 20.0. The quantitative estimate of drug-likeness (QED) is 0.141. The van der Waals surface area contributed by atoms with Crippen molar-refractivity contribution in [2.24, 2.45) is 0 Å². The molecule has 0 saturated heterocycles. The predicted molar refractivity (Wildman–Crippen MR) is 143 cm³/mol. The number of hydrogen-bond acceptors (Lipinski definition) is 8. The van der Waals surface area contributed by atoms with Gasteiger partial charge in [0.05, 0.1) is 0 Å². The van der Waals surface area contributed by atoms with Crippen LogP contribution in [-0.4, -0.2) is 35.2 Å². The summed E-state index contributed by atoms with van der Waals surface area (Å²) in [6.45, 7) is 3.35. The molecule has 0 aliphatic rings. The molecule has 0 unspecified atom stereocenters. The Kier molecular flexibility index (Phi) is 5.96. The third-order valence-corrected chi connectivity index (χ3v) is 6.57. The first-order valence-corrected chi connectivity index (χ1v) is 11.8. The van der Waals surface area contributed by atoms with Crippen LogP contribution in [0.5, 0.6) is 34.5 Å². The van der Waals surface area contributed by atoms with E-state index in [0.717, 1.165) is 39.7 Å². The number of nitrogens with one attached hydrogen (secondary N) is 2. The normalized spacial score (nSPS) is 11.3. The van der Waals surface area contributed by atoms with Crippen LogP contribution in [0, 0.1) is 0 Å². The summed E-state index contributed by atoms with van der Waals surface area (Å²) in [6, 6.07) is 17.7. The Morgan fingerprint density at radius 3 is 1.41 bits per heavy atom. The van der Waals surface area contributed by atoms with Gasteiger partial charge in [0.25, 0.3) is 0 Å². The first-order chi connectivity index (χ1) is 17.8. The minimum absolute atomic E-state index is 0.243. The zero-order chi connectivity index (χ0) is 26.3. The Bertz CT molecular complexity index is 1520. The molecular weight excluding hydrogens is 474 g/mol. The van der Waals surface area contributed by atoms with Crippen molar-refractivity contribution in [3.05, 3.63) is 71.8 Å². The lowest BCUT2D eigenvalue weighted by Crippen LogP contribution is -2.00. The summed E-state index contributed by atoms with van der Waals surface area (Å²) in [6.07, 6.45) is 0. The molecule has 37 heavy (non-hydrogen) atoms. The van der Waals surface area contributed by atoms with Crippen molar-refractivity contribution >= 4 is 33.2 Å². The Balaban J connectivity index is 1.45. The minimum Gasteiger partial charge on any atom is -0.504 e. The van der Waals surface area contributed by atoms with E-state index in [2.05, 4.69) is 22.1 Å². The van der Waals surface area contributed by atoms with Gasteiger partial charge in [-0.3, -0.25) is 0 Å². The maximum atomic E-state index is 10.1. The summed E-state index contributed by atoms with van der Waals surface area (Å²) in [5.41, 5.74) is 4.65. The van der Waals surface area contributed by atoms with Crippen molar-refractivity contribution in [1.29, 1.82) is 0 Å². The molecule has 0 fully saturated rings. The second kappa shape index (κ2) is 9.27. The number of rotatable bonds is 7. The molecule has 5 rings (SSSR count). The van der Waals surface area contributed by atoms with Gasteiger partial charge in [0, 0.05) is 63.9 Å². The molecule has 0 aliphatic carbocycles. The number of anilines is 2. The SMILES string of the molecule is CCn1c2ccc(NCc3ccc(O)c(O)c3O)cc2c2cc(NCc3ccc(O)c(O)c3O)ccc21. The molecule has 5 aromatic rings. The number of hydrogen-bond donors (Lipinski definition) is 8. The molecule has 9 heteroatoms. The molecule has 0 atom stereocenters. The van der Waals surface area contributed by atoms with Crippen LogP contribution in [0.1, 0.15) is 18.1 Å². The summed E-state index contributed by atoms with van der Waals surface area (Å²) in [5.74, 6) is -2.57. The average Bonchev–Trinajstić information content (AvgIpc) is 3.22. The Morgan fingerprint density at radius 1 is 0.568 bits per heavy atom. The lowest BCUT2D eigenvalue weighted by Gasteiger charge is -2.11. The highest BCUT2D eigenvalue weighted by Crippen LogP contribution is 2.39. The number of phenolic OH excluding ortho intramolecular Hbond substituents is 6. The van der Waals surface area contributed by atoms with E-state index in [1.165, 1.54) is 12.1 Å². The van der Waals surface area contributed by atoms with Crippen molar-refractivity contribution < 1.29 is 30.6 Å². The Labute approximate surface area is 212 Å². The van der Waals surface area contributed by atoms with Crippen LogP contribution in [0.3, 0.4) is 0 Å². The second-order valence-electron chi connectivity index (χ2n) is 8.80. The largest absolute Gasteiger partial charge is 0.504 e. The van der Waals surface area contributed by atoms with E-state index in [1.54, 1.807) is 12.1 Å². The lowest BCUT2D eigenvalue weighted by molar-refractivity contribution is 0.365. The van der Waals surface area contributed by atoms with Crippen LogP contribution in [0.15, 0.2) is 60.7 Å². The Hall–Kier alpha value is -4.92. The molecule has 0 amide bonds. The van der Waals surface area contributed by atoms with E-state index in [0.29, 0.717) is 11.1 Å². The van der Waals surface area contributed by atoms with Crippen molar-refractivity contribution in [2.75, 3.05) is 10.6 Å². The smallest absolute Gasteiger partial charge is 0.200 e. The molecule has 0 aliphatic heterocycles. The molecule has 9 nitrogen and oxygen atoms in total. The molecule has 0 spiro atoms. The van der Waals surface area contributed by atoms with Crippen LogP contribution >= 0.6 is 0 Å². The van der Waals surface area contributed by atoms with Gasteiger partial charge < -0.3 is 45.8 Å². The van der Waals surface area contributed by atoms with Gasteiger partial charge in [-0.05, 0) is 67.6 Å². The summed E-state index contributed by atoms with van der Waals surface area (Å²) >= 11 is 0. The summed E-state index contributed by atoms with van der Waals surface area (Å²) in [4.78, 5) is 0. The highest BCUT2D eigenvalue weighted by atomic mass is 16.3. The number of phenols is 6. The van der Waals surface area contributed by atoms with Crippen molar-refractivity contribution in [1.82, 2.24) is 4.57 Å². The van der Waals surface area contributed by atoms with Crippen molar-refractivity contribution in [3.8, 4) is 34.5 Å². The first-order valence-electron chi connectivity index (χ1n) is 11.8. The molecular formula is C28H27N3O6. The van der Waals surface area contributed by atoms with Crippen LogP contribution in [0.25, 0.3) is 21.8 Å². The van der Waals surface area contributed by atoms with E-state index in [4.69, 9.17) is 0 Å². The fraction of sp³-hybridized carbons (Fsp3) is 0.143. The molecule has 4 aromatic carbocycles. The number of aryl methyl sites for hydroxylation is 1. The highest BCUT2D eigenvalue weighted by molar-refractivity contribution is 6.10. The number of benzene rings is 4. The molecule has 0 saturated carbocycles. The summed E-state index contributed by atoms with van der Waals surface area (Å²) in [7, 11) is 0. The first kappa shape index (κ1) is 23.8. The maximum absolute atomic E-state index is 10.1. The van der Waals surface area contributed by atoms with Crippen LogP contribution < -0.4 is 10.6 Å². The van der Waals surface area contributed by atoms with Crippen LogP contribution in [0.2, 0.25) is 0 Å². The number of aromatic hydroxyl groups is 6. The van der Waals surface area contributed by atoms with E-state index >= 15 is 0 Å².